The highest BCUT2D eigenvalue weighted by molar-refractivity contribution is 5.81. The third kappa shape index (κ3) is 10.4. The minimum atomic E-state index is -1.51. The Morgan fingerprint density at radius 3 is 2.00 bits per heavy atom. The summed E-state index contributed by atoms with van der Waals surface area (Å²) in [7, 11) is 0. The van der Waals surface area contributed by atoms with Crippen molar-refractivity contribution in [2.45, 2.75) is 26.4 Å². The molecule has 1 N–H and O–H groups in total. The topological polar surface area (TPSA) is 91.3 Å². The number of ether oxygens (including phenoxy) is 4. The molecule has 0 radical (unpaired) electrons. The van der Waals surface area contributed by atoms with Crippen molar-refractivity contribution in [2.24, 2.45) is 0 Å². The van der Waals surface area contributed by atoms with Gasteiger partial charge in [0.2, 0.25) is 0 Å². The van der Waals surface area contributed by atoms with Crippen molar-refractivity contribution in [2.75, 3.05) is 39.6 Å². The van der Waals surface area contributed by atoms with Crippen molar-refractivity contribution < 1.29 is 33.6 Å². The van der Waals surface area contributed by atoms with E-state index in [4.69, 9.17) is 18.9 Å². The lowest BCUT2D eigenvalue weighted by atomic mass is 10.2. The minimum absolute atomic E-state index is 0.0448. The highest BCUT2D eigenvalue weighted by Gasteiger charge is 2.21. The summed E-state index contributed by atoms with van der Waals surface area (Å²) in [5, 5.41) is 9.40. The number of rotatable bonds is 11. The van der Waals surface area contributed by atoms with Gasteiger partial charge in [-0.15, -0.1) is 0 Å². The van der Waals surface area contributed by atoms with Gasteiger partial charge in [0, 0.05) is 13.2 Å². The zero-order chi connectivity index (χ0) is 14.5. The van der Waals surface area contributed by atoms with Crippen LogP contribution in [-0.4, -0.2) is 62.8 Å². The lowest BCUT2D eigenvalue weighted by molar-refractivity contribution is -0.161. The van der Waals surface area contributed by atoms with Crippen molar-refractivity contribution in [3.05, 3.63) is 0 Å². The highest BCUT2D eigenvalue weighted by atomic mass is 16.6. The third-order valence-electron chi connectivity index (χ3n) is 2.00. The maximum absolute atomic E-state index is 11.3. The van der Waals surface area contributed by atoms with E-state index in [-0.39, 0.29) is 26.4 Å². The summed E-state index contributed by atoms with van der Waals surface area (Å²) in [6.07, 6.45) is -1.94. The van der Waals surface area contributed by atoms with Gasteiger partial charge in [0.1, 0.15) is 13.2 Å². The number of carbonyl (C=O) groups is 2. The Hall–Kier alpha value is -1.18. The first-order valence-corrected chi connectivity index (χ1v) is 6.27. The molecule has 112 valence electrons. The van der Waals surface area contributed by atoms with Gasteiger partial charge in [-0.1, -0.05) is 0 Å². The van der Waals surface area contributed by atoms with E-state index in [1.807, 2.05) is 13.8 Å². The van der Waals surface area contributed by atoms with Crippen molar-refractivity contribution in [3.63, 3.8) is 0 Å². The van der Waals surface area contributed by atoms with Crippen LogP contribution in [0.4, 0.5) is 0 Å². The largest absolute Gasteiger partial charge is 0.463 e. The van der Waals surface area contributed by atoms with E-state index < -0.39 is 24.5 Å². The van der Waals surface area contributed by atoms with Crippen molar-refractivity contribution in [3.8, 4) is 0 Å². The number of esters is 2. The van der Waals surface area contributed by atoms with Gasteiger partial charge in [-0.3, -0.25) is 4.79 Å². The third-order valence-corrected chi connectivity index (χ3v) is 2.00. The molecule has 0 amide bonds. The van der Waals surface area contributed by atoms with Gasteiger partial charge in [0.05, 0.1) is 19.6 Å². The summed E-state index contributed by atoms with van der Waals surface area (Å²) in [5.74, 6) is -1.53. The van der Waals surface area contributed by atoms with Crippen LogP contribution in [-0.2, 0) is 28.5 Å². The van der Waals surface area contributed by atoms with E-state index in [2.05, 4.69) is 0 Å². The molecule has 0 aliphatic rings. The Morgan fingerprint density at radius 2 is 1.47 bits per heavy atom. The average Bonchev–Trinajstić information content (AvgIpc) is 2.39. The van der Waals surface area contributed by atoms with E-state index in [0.717, 1.165) is 0 Å². The van der Waals surface area contributed by atoms with Crippen LogP contribution in [0.3, 0.4) is 0 Å². The molecule has 7 nitrogen and oxygen atoms in total. The van der Waals surface area contributed by atoms with E-state index >= 15 is 0 Å². The molecular formula is C12H22O7. The maximum atomic E-state index is 11.3. The van der Waals surface area contributed by atoms with Crippen molar-refractivity contribution >= 4 is 11.9 Å². The molecule has 0 heterocycles. The van der Waals surface area contributed by atoms with E-state index in [9.17, 15) is 14.7 Å². The first-order chi connectivity index (χ1) is 9.11. The first-order valence-electron chi connectivity index (χ1n) is 6.27. The molecule has 0 fully saturated rings. The summed E-state index contributed by atoms with van der Waals surface area (Å²) in [6.45, 7) is 5.38. The average molecular weight is 278 g/mol. The SMILES string of the molecule is CCOCCOC(=O)CC(O)C(=O)OCCOCC. The summed E-state index contributed by atoms with van der Waals surface area (Å²) >= 11 is 0. The van der Waals surface area contributed by atoms with Gasteiger partial charge >= 0.3 is 11.9 Å². The Bertz CT molecular complexity index is 254. The van der Waals surface area contributed by atoms with Gasteiger partial charge in [-0.25, -0.2) is 4.79 Å². The Labute approximate surface area is 112 Å². The monoisotopic (exact) mass is 278 g/mol. The van der Waals surface area contributed by atoms with E-state index in [1.54, 1.807) is 0 Å². The number of carbonyl (C=O) groups excluding carboxylic acids is 2. The van der Waals surface area contributed by atoms with Gasteiger partial charge in [0.15, 0.2) is 6.10 Å². The van der Waals surface area contributed by atoms with Crippen LogP contribution in [0.25, 0.3) is 0 Å². The molecule has 0 bridgehead atoms. The summed E-state index contributed by atoms with van der Waals surface area (Å²) in [5.41, 5.74) is 0. The molecule has 19 heavy (non-hydrogen) atoms. The fraction of sp³-hybridized carbons (Fsp3) is 0.833. The lowest BCUT2D eigenvalue weighted by Crippen LogP contribution is -2.28. The number of aliphatic hydroxyl groups excluding tert-OH is 1. The van der Waals surface area contributed by atoms with Gasteiger partial charge < -0.3 is 24.1 Å². The van der Waals surface area contributed by atoms with Crippen LogP contribution in [0.5, 0.6) is 0 Å². The minimum Gasteiger partial charge on any atom is -0.463 e. The molecule has 0 aromatic rings. The molecule has 1 unspecified atom stereocenters. The maximum Gasteiger partial charge on any atom is 0.335 e. The van der Waals surface area contributed by atoms with Crippen LogP contribution < -0.4 is 0 Å². The highest BCUT2D eigenvalue weighted by Crippen LogP contribution is 1.98. The quantitative estimate of drug-likeness (QED) is 0.416. The summed E-state index contributed by atoms with van der Waals surface area (Å²) in [6, 6.07) is 0. The van der Waals surface area contributed by atoms with E-state index in [0.29, 0.717) is 13.2 Å². The van der Waals surface area contributed by atoms with Crippen molar-refractivity contribution in [1.82, 2.24) is 0 Å². The normalized spacial score (nSPS) is 11.9. The molecule has 0 rings (SSSR count). The van der Waals surface area contributed by atoms with Crippen LogP contribution >= 0.6 is 0 Å². The Kier molecular flexibility index (Phi) is 11.1. The molecule has 0 aliphatic carbocycles. The predicted molar refractivity (Wildman–Crippen MR) is 65.5 cm³/mol. The van der Waals surface area contributed by atoms with Gasteiger partial charge in [-0.05, 0) is 13.8 Å². The zero-order valence-electron chi connectivity index (χ0n) is 11.4. The molecule has 0 aromatic carbocycles. The molecule has 0 saturated heterocycles. The Morgan fingerprint density at radius 1 is 0.947 bits per heavy atom. The van der Waals surface area contributed by atoms with Crippen LogP contribution in [0.2, 0.25) is 0 Å². The Balaban J connectivity index is 3.66. The zero-order valence-corrected chi connectivity index (χ0v) is 11.4. The smallest absolute Gasteiger partial charge is 0.335 e. The lowest BCUT2D eigenvalue weighted by Gasteiger charge is -2.10. The number of aliphatic hydroxyl groups is 1. The predicted octanol–water partition coefficient (Wildman–Crippen LogP) is -0.103. The molecule has 0 aliphatic heterocycles. The fourth-order valence-electron chi connectivity index (χ4n) is 1.10. The summed E-state index contributed by atoms with van der Waals surface area (Å²) < 4.78 is 19.4. The standard InChI is InChI=1S/C12H22O7/c1-3-16-5-7-18-11(14)9-10(13)12(15)19-8-6-17-4-2/h10,13H,3-9H2,1-2H3. The second-order valence-electron chi connectivity index (χ2n) is 3.50. The van der Waals surface area contributed by atoms with Crippen LogP contribution in [0.1, 0.15) is 20.3 Å². The first kappa shape index (κ1) is 17.8. The summed E-state index contributed by atoms with van der Waals surface area (Å²) in [4.78, 5) is 22.5. The number of hydrogen-bond donors (Lipinski definition) is 1. The van der Waals surface area contributed by atoms with E-state index in [1.165, 1.54) is 0 Å². The van der Waals surface area contributed by atoms with Crippen LogP contribution in [0.15, 0.2) is 0 Å². The van der Waals surface area contributed by atoms with Gasteiger partial charge in [0.25, 0.3) is 0 Å². The fourth-order valence-corrected chi connectivity index (χ4v) is 1.10. The van der Waals surface area contributed by atoms with Gasteiger partial charge in [-0.2, -0.15) is 0 Å². The molecule has 0 spiro atoms. The molecule has 1 atom stereocenters. The van der Waals surface area contributed by atoms with Crippen LogP contribution in [0, 0.1) is 0 Å². The number of hydrogen-bond acceptors (Lipinski definition) is 7. The molecule has 7 heteroatoms. The second-order valence-corrected chi connectivity index (χ2v) is 3.50. The molecule has 0 saturated carbocycles. The van der Waals surface area contributed by atoms with Crippen molar-refractivity contribution in [1.29, 1.82) is 0 Å². The molecular weight excluding hydrogens is 256 g/mol. The molecule has 0 aromatic heterocycles. The second kappa shape index (κ2) is 11.9.